The fraction of sp³-hybridized carbons (Fsp3) is 0.0870. The zero-order valence-corrected chi connectivity index (χ0v) is 20.4. The van der Waals surface area contributed by atoms with Crippen molar-refractivity contribution in [1.29, 1.82) is 0 Å². The van der Waals surface area contributed by atoms with Crippen LogP contribution in [0.2, 0.25) is 0 Å². The molecule has 0 spiro atoms. The molecule has 0 aliphatic carbocycles. The van der Waals surface area contributed by atoms with E-state index in [2.05, 4.69) is 41.9 Å². The second-order valence-corrected chi connectivity index (χ2v) is 8.91. The molecule has 0 aliphatic heterocycles. The molecule has 1 heterocycles. The number of benzene rings is 3. The van der Waals surface area contributed by atoms with Gasteiger partial charge in [-0.25, -0.2) is 4.98 Å². The summed E-state index contributed by atoms with van der Waals surface area (Å²) in [6.07, 6.45) is 1.52. The van der Waals surface area contributed by atoms with Gasteiger partial charge in [0.15, 0.2) is 0 Å². The highest BCUT2D eigenvalue weighted by atomic mass is 79.9. The van der Waals surface area contributed by atoms with Crippen LogP contribution in [0.5, 0.6) is 5.75 Å². The van der Waals surface area contributed by atoms with E-state index in [4.69, 9.17) is 4.74 Å². The topological polar surface area (TPSA) is 99.6 Å². The lowest BCUT2D eigenvalue weighted by Crippen LogP contribution is -2.20. The Kier molecular flexibility index (Phi) is 6.66. The van der Waals surface area contributed by atoms with Crippen molar-refractivity contribution in [3.05, 3.63) is 107 Å². The molecule has 0 atom stereocenters. The van der Waals surface area contributed by atoms with Gasteiger partial charge in [0.1, 0.15) is 18.2 Å². The Balaban J connectivity index is 1.65. The summed E-state index contributed by atoms with van der Waals surface area (Å²) in [4.78, 5) is 28.0. The van der Waals surface area contributed by atoms with E-state index in [1.165, 1.54) is 23.0 Å². The highest BCUT2D eigenvalue weighted by Crippen LogP contribution is 2.24. The van der Waals surface area contributed by atoms with Crippen molar-refractivity contribution in [3.8, 4) is 5.75 Å². The molecular weight excluding hydrogens is 556 g/mol. The Labute approximate surface area is 204 Å². The average molecular weight is 572 g/mol. The van der Waals surface area contributed by atoms with Crippen LogP contribution in [0.1, 0.15) is 17.0 Å². The molecule has 8 nitrogen and oxygen atoms in total. The van der Waals surface area contributed by atoms with Crippen molar-refractivity contribution in [3.63, 3.8) is 0 Å². The first kappa shape index (κ1) is 22.8. The van der Waals surface area contributed by atoms with Gasteiger partial charge in [0.05, 0.1) is 22.0 Å². The van der Waals surface area contributed by atoms with Crippen molar-refractivity contribution in [2.24, 2.45) is 5.10 Å². The maximum Gasteiger partial charge on any atom is 0.282 e. The zero-order valence-electron chi connectivity index (χ0n) is 17.2. The van der Waals surface area contributed by atoms with Crippen LogP contribution in [-0.2, 0) is 6.61 Å². The Morgan fingerprint density at radius 2 is 1.88 bits per heavy atom. The van der Waals surface area contributed by atoms with Crippen LogP contribution in [0, 0.1) is 17.0 Å². The summed E-state index contributed by atoms with van der Waals surface area (Å²) in [5.74, 6) is 0.954. The van der Waals surface area contributed by atoms with Gasteiger partial charge in [-0.1, -0.05) is 44.0 Å². The first-order valence-electron chi connectivity index (χ1n) is 9.71. The van der Waals surface area contributed by atoms with E-state index in [1.54, 1.807) is 43.3 Å². The number of nitro groups is 1. The first-order valence-corrected chi connectivity index (χ1v) is 11.3. The fourth-order valence-corrected chi connectivity index (χ4v) is 3.93. The number of nitro benzene ring substituents is 1. The third-order valence-corrected chi connectivity index (χ3v) is 5.76. The van der Waals surface area contributed by atoms with Crippen LogP contribution >= 0.6 is 31.9 Å². The second-order valence-electron chi connectivity index (χ2n) is 7.08. The zero-order chi connectivity index (χ0) is 23.5. The third-order valence-electron chi connectivity index (χ3n) is 4.77. The number of hydrogen-bond donors (Lipinski definition) is 0. The average Bonchev–Trinajstić information content (AvgIpc) is 2.79. The van der Waals surface area contributed by atoms with Crippen molar-refractivity contribution in [2.45, 2.75) is 13.5 Å². The van der Waals surface area contributed by atoms with Crippen molar-refractivity contribution in [1.82, 2.24) is 9.66 Å². The number of halogens is 2. The standard InChI is InChI=1S/C23H16Br2N4O4/c1-14-27-21-7-5-18(25)11-20(21)23(30)28(14)26-12-16-10-17(24)6-8-22(16)33-13-15-3-2-4-19(9-15)29(31)32/h2-12H,13H2,1H3. The summed E-state index contributed by atoms with van der Waals surface area (Å²) in [6, 6.07) is 16.9. The van der Waals surface area contributed by atoms with Gasteiger partial charge < -0.3 is 4.74 Å². The van der Waals surface area contributed by atoms with Gasteiger partial charge in [-0.3, -0.25) is 14.9 Å². The molecule has 0 aliphatic rings. The Hall–Kier alpha value is -3.37. The van der Waals surface area contributed by atoms with E-state index in [-0.39, 0.29) is 17.9 Å². The smallest absolute Gasteiger partial charge is 0.282 e. The number of aryl methyl sites for hydroxylation is 1. The number of hydrogen-bond acceptors (Lipinski definition) is 6. The monoisotopic (exact) mass is 570 g/mol. The van der Waals surface area contributed by atoms with Crippen molar-refractivity contribution >= 4 is 54.7 Å². The highest BCUT2D eigenvalue weighted by Gasteiger charge is 2.10. The maximum atomic E-state index is 13.0. The summed E-state index contributed by atoms with van der Waals surface area (Å²) in [6.45, 7) is 1.84. The third kappa shape index (κ3) is 5.18. The van der Waals surface area contributed by atoms with Gasteiger partial charge in [0, 0.05) is 26.6 Å². The van der Waals surface area contributed by atoms with Gasteiger partial charge in [-0.2, -0.15) is 9.78 Å². The number of fused-ring (bicyclic) bond motifs is 1. The van der Waals surface area contributed by atoms with Gasteiger partial charge in [-0.05, 0) is 48.9 Å². The predicted molar refractivity (Wildman–Crippen MR) is 133 cm³/mol. The van der Waals surface area contributed by atoms with E-state index in [0.717, 1.165) is 8.95 Å². The molecule has 3 aromatic carbocycles. The second kappa shape index (κ2) is 9.63. The fourth-order valence-electron chi connectivity index (χ4n) is 3.19. The van der Waals surface area contributed by atoms with E-state index in [1.807, 2.05) is 12.1 Å². The Morgan fingerprint density at radius 1 is 1.12 bits per heavy atom. The van der Waals surface area contributed by atoms with Gasteiger partial charge in [0.2, 0.25) is 0 Å². The molecule has 4 aromatic rings. The lowest BCUT2D eigenvalue weighted by Gasteiger charge is -2.10. The van der Waals surface area contributed by atoms with Crippen LogP contribution < -0.4 is 10.3 Å². The number of nitrogens with zero attached hydrogens (tertiary/aromatic N) is 4. The van der Waals surface area contributed by atoms with Crippen LogP contribution in [-0.4, -0.2) is 20.8 Å². The van der Waals surface area contributed by atoms with E-state index >= 15 is 0 Å². The first-order chi connectivity index (χ1) is 15.8. The Bertz CT molecular complexity index is 1470. The van der Waals surface area contributed by atoms with E-state index in [9.17, 15) is 14.9 Å². The molecule has 0 amide bonds. The number of non-ortho nitro benzene ring substituents is 1. The van der Waals surface area contributed by atoms with Crippen LogP contribution in [0.4, 0.5) is 5.69 Å². The molecule has 166 valence electrons. The molecule has 0 fully saturated rings. The molecule has 33 heavy (non-hydrogen) atoms. The molecule has 0 radical (unpaired) electrons. The molecule has 0 N–H and O–H groups in total. The lowest BCUT2D eigenvalue weighted by molar-refractivity contribution is -0.384. The minimum Gasteiger partial charge on any atom is -0.488 e. The number of ether oxygens (including phenoxy) is 1. The summed E-state index contributed by atoms with van der Waals surface area (Å²) in [5.41, 5.74) is 1.58. The summed E-state index contributed by atoms with van der Waals surface area (Å²) in [5, 5.41) is 15.8. The normalized spacial score (nSPS) is 11.2. The van der Waals surface area contributed by atoms with Gasteiger partial charge >= 0.3 is 0 Å². The van der Waals surface area contributed by atoms with Crippen LogP contribution in [0.15, 0.2) is 79.5 Å². The van der Waals surface area contributed by atoms with E-state index < -0.39 is 4.92 Å². The predicted octanol–water partition coefficient (Wildman–Crippen LogP) is 5.60. The van der Waals surface area contributed by atoms with Crippen molar-refractivity contribution in [2.75, 3.05) is 0 Å². The van der Waals surface area contributed by atoms with Gasteiger partial charge in [-0.15, -0.1) is 0 Å². The molecule has 0 bridgehead atoms. The molecule has 0 unspecified atom stereocenters. The lowest BCUT2D eigenvalue weighted by atomic mass is 10.2. The Morgan fingerprint density at radius 3 is 2.67 bits per heavy atom. The minimum atomic E-state index is -0.447. The molecule has 0 saturated carbocycles. The molecule has 1 aromatic heterocycles. The maximum absolute atomic E-state index is 13.0. The summed E-state index contributed by atoms with van der Waals surface area (Å²) >= 11 is 6.81. The molecule has 4 rings (SSSR count). The van der Waals surface area contributed by atoms with Gasteiger partial charge in [0.25, 0.3) is 11.2 Å². The van der Waals surface area contributed by atoms with E-state index in [0.29, 0.717) is 33.6 Å². The van der Waals surface area contributed by atoms with Crippen LogP contribution in [0.25, 0.3) is 10.9 Å². The number of rotatable bonds is 6. The quantitative estimate of drug-likeness (QED) is 0.170. The largest absolute Gasteiger partial charge is 0.488 e. The SMILES string of the molecule is Cc1nc2ccc(Br)cc2c(=O)n1N=Cc1cc(Br)ccc1OCc1cccc([N+](=O)[O-])c1. The van der Waals surface area contributed by atoms with Crippen LogP contribution in [0.3, 0.4) is 0 Å². The summed E-state index contributed by atoms with van der Waals surface area (Å²) in [7, 11) is 0. The number of aromatic nitrogens is 2. The van der Waals surface area contributed by atoms with Crippen molar-refractivity contribution < 1.29 is 9.66 Å². The molecule has 10 heteroatoms. The molecular formula is C23H16Br2N4O4. The minimum absolute atomic E-state index is 0.000941. The summed E-state index contributed by atoms with van der Waals surface area (Å²) < 4.78 is 8.72. The highest BCUT2D eigenvalue weighted by molar-refractivity contribution is 9.10. The molecule has 0 saturated heterocycles.